The van der Waals surface area contributed by atoms with Crippen molar-refractivity contribution in [1.29, 1.82) is 0 Å². The van der Waals surface area contributed by atoms with Gasteiger partial charge in [-0.2, -0.15) is 0 Å². The summed E-state index contributed by atoms with van der Waals surface area (Å²) in [5.74, 6) is -0.0679. The highest BCUT2D eigenvalue weighted by atomic mass is 32.2. The molecule has 3 rings (SSSR count). The number of aliphatic hydroxyl groups excluding tert-OH is 2. The van der Waals surface area contributed by atoms with Crippen molar-refractivity contribution < 1.29 is 29.4 Å². The summed E-state index contributed by atoms with van der Waals surface area (Å²) in [4.78, 5) is 67.8. The number of nitrogens with one attached hydrogen (secondary N) is 4. The number of aromatic nitrogens is 1. The van der Waals surface area contributed by atoms with E-state index < -0.39 is 58.8 Å². The second-order valence-electron chi connectivity index (χ2n) is 18.7. The Balaban J connectivity index is 1.97. The van der Waals surface area contributed by atoms with Gasteiger partial charge in [0.05, 0.1) is 36.4 Å². The van der Waals surface area contributed by atoms with E-state index in [1.54, 1.807) is 34.6 Å². The molecule has 62 heavy (non-hydrogen) atoms. The number of aliphatic imine (C=N–C) groups is 1. The summed E-state index contributed by atoms with van der Waals surface area (Å²) < 4.78 is -0.0563. The average Bonchev–Trinajstić information content (AvgIpc) is 3.90. The number of aliphatic hydroxyl groups is 2. The smallest absolute Gasteiger partial charge is 0.246 e. The summed E-state index contributed by atoms with van der Waals surface area (Å²) in [7, 11) is 0. The largest absolute Gasteiger partial charge is 0.396 e. The Morgan fingerprint density at radius 1 is 0.952 bits per heavy atom. The number of benzene rings is 1. The zero-order valence-electron chi connectivity index (χ0n) is 38.5. The minimum Gasteiger partial charge on any atom is -0.396 e. The zero-order chi connectivity index (χ0) is 46.2. The fourth-order valence-corrected chi connectivity index (χ4v) is 10.2. The Labute approximate surface area is 382 Å². The molecular weight excluding hydrogens is 845 g/mol. The number of likely N-dealkylation sites (tertiary alicyclic amines) is 1. The number of hydrogen-bond acceptors (Lipinski definition) is 12. The number of hydrogen-bond donors (Lipinski definition) is 7. The molecule has 1 aromatic heterocycles. The molecule has 1 saturated heterocycles. The summed E-state index contributed by atoms with van der Waals surface area (Å²) >= 11 is 4.53. The normalized spacial score (nSPS) is 18.6. The van der Waals surface area contributed by atoms with Gasteiger partial charge in [-0.3, -0.25) is 24.2 Å². The molecule has 1 aliphatic heterocycles. The highest BCUT2D eigenvalue weighted by molar-refractivity contribution is 8.17. The lowest BCUT2D eigenvalue weighted by Gasteiger charge is -2.34. The molecule has 0 bridgehead atoms. The maximum atomic E-state index is 14.8. The van der Waals surface area contributed by atoms with Crippen molar-refractivity contribution in [3.63, 3.8) is 0 Å². The molecule has 2 aromatic rings. The first-order valence-electron chi connectivity index (χ1n) is 21.8. The second-order valence-corrected chi connectivity index (χ2v) is 22.6. The fourth-order valence-electron chi connectivity index (χ4n) is 7.15. The van der Waals surface area contributed by atoms with Crippen molar-refractivity contribution in [1.82, 2.24) is 31.2 Å². The molecule has 8 N–H and O–H groups in total. The summed E-state index contributed by atoms with van der Waals surface area (Å²) in [5, 5.41) is 34.2. The van der Waals surface area contributed by atoms with Crippen LogP contribution in [0.2, 0.25) is 0 Å². The topological polar surface area (TPSA) is 211 Å². The Morgan fingerprint density at radius 2 is 1.60 bits per heavy atom. The Morgan fingerprint density at radius 3 is 2.15 bits per heavy atom. The van der Waals surface area contributed by atoms with Gasteiger partial charge in [0.2, 0.25) is 23.6 Å². The predicted molar refractivity (Wildman–Crippen MR) is 255 cm³/mol. The fraction of sp³-hybridized carbons (Fsp3) is 0.689. The van der Waals surface area contributed by atoms with Crippen molar-refractivity contribution in [2.45, 2.75) is 129 Å². The second kappa shape index (κ2) is 25.3. The molecule has 17 heteroatoms. The minimum atomic E-state index is -1.04. The van der Waals surface area contributed by atoms with E-state index in [0.29, 0.717) is 48.4 Å². The van der Waals surface area contributed by atoms with Crippen LogP contribution >= 0.6 is 34.9 Å². The molecule has 7 atom stereocenters. The van der Waals surface area contributed by atoms with Crippen LogP contribution in [0.1, 0.15) is 111 Å². The highest BCUT2D eigenvalue weighted by Gasteiger charge is 2.41. The maximum Gasteiger partial charge on any atom is 0.246 e. The lowest BCUT2D eigenvalue weighted by Crippen LogP contribution is -2.56. The molecule has 0 spiro atoms. The third-order valence-electron chi connectivity index (χ3n) is 11.0. The molecule has 4 amide bonds. The quantitative estimate of drug-likeness (QED) is 0.0452. The molecule has 1 aliphatic rings. The van der Waals surface area contributed by atoms with Crippen LogP contribution in [0.15, 0.2) is 46.9 Å². The van der Waals surface area contributed by atoms with Crippen LogP contribution in [-0.4, -0.2) is 123 Å². The van der Waals surface area contributed by atoms with Crippen LogP contribution in [0, 0.1) is 22.7 Å². The first-order chi connectivity index (χ1) is 29.2. The first-order valence-corrected chi connectivity index (χ1v) is 24.8. The van der Waals surface area contributed by atoms with Gasteiger partial charge < -0.3 is 42.1 Å². The zero-order valence-corrected chi connectivity index (χ0v) is 40.9. The van der Waals surface area contributed by atoms with E-state index in [1.165, 1.54) is 11.3 Å². The summed E-state index contributed by atoms with van der Waals surface area (Å²) in [6.07, 6.45) is 3.71. The van der Waals surface area contributed by atoms with Gasteiger partial charge in [-0.1, -0.05) is 99.6 Å². The standard InChI is InChI=1S/C45H74N8O6S3/c1-28(2)16-18-47-41(58)36-29(3)17-20-53(36)33(56)27-49-39(37(46)44(5,6)7)52-38(45(8,9)10)42(59)51-35(30(4)31-14-12-11-13-15-31)40(57)50-32(43-48-19-23-62-43)26-34(60-24-21-54)61-25-22-55/h11-15,19,23,28-30,32,34-38,54-55H,16-18,20-22,24-27,46H2,1-10H3,(H,47,58)(H,49,52)(H,50,57)(H,51,59)/t29-,30+,32-,35?,36+,37?,38?/m1/s1. The third-order valence-corrected chi connectivity index (χ3v) is 14.7. The van der Waals surface area contributed by atoms with E-state index in [2.05, 4.69) is 40.1 Å². The molecule has 14 nitrogen and oxygen atoms in total. The molecule has 1 aromatic carbocycles. The van der Waals surface area contributed by atoms with Gasteiger partial charge in [-0.05, 0) is 47.5 Å². The predicted octanol–water partition coefficient (Wildman–Crippen LogP) is 4.93. The molecule has 2 heterocycles. The van der Waals surface area contributed by atoms with Crippen molar-refractivity contribution in [2.24, 2.45) is 33.4 Å². The Bertz CT molecular complexity index is 1710. The van der Waals surface area contributed by atoms with Gasteiger partial charge in [0.25, 0.3) is 0 Å². The van der Waals surface area contributed by atoms with Crippen LogP contribution in [-0.2, 0) is 19.2 Å². The first kappa shape index (κ1) is 53.1. The van der Waals surface area contributed by atoms with Crippen molar-refractivity contribution >= 4 is 64.3 Å². The van der Waals surface area contributed by atoms with Crippen molar-refractivity contribution in [2.75, 3.05) is 44.4 Å². The average molecular weight is 919 g/mol. The monoisotopic (exact) mass is 918 g/mol. The van der Waals surface area contributed by atoms with Crippen LogP contribution in [0.25, 0.3) is 0 Å². The highest BCUT2D eigenvalue weighted by Crippen LogP contribution is 2.34. The van der Waals surface area contributed by atoms with E-state index in [-0.39, 0.29) is 47.9 Å². The number of thioether (sulfide) groups is 2. The van der Waals surface area contributed by atoms with E-state index in [0.717, 1.165) is 12.0 Å². The summed E-state index contributed by atoms with van der Waals surface area (Å²) in [6.45, 7) is 20.4. The summed E-state index contributed by atoms with van der Waals surface area (Å²) in [5.41, 5.74) is 6.43. The SMILES string of the molecule is CC(C)CCNC(=O)[C@@H]1[C@H](C)CCN1C(=O)CN/C(=N\C(C(=O)NC(C(=O)N[C@H](CC(SCCO)SCCO)c1nccs1)[C@@H](C)c1ccccc1)C(C)(C)C)C(N)C(C)(C)C. The molecule has 0 saturated carbocycles. The van der Waals surface area contributed by atoms with Gasteiger partial charge in [-0.15, -0.1) is 34.9 Å². The Kier molecular flexibility index (Phi) is 21.7. The van der Waals surface area contributed by atoms with Gasteiger partial charge in [0.1, 0.15) is 29.0 Å². The minimum absolute atomic E-state index is 0.000956. The number of rotatable bonds is 23. The van der Waals surface area contributed by atoms with Gasteiger partial charge in [0, 0.05) is 42.1 Å². The van der Waals surface area contributed by atoms with E-state index in [9.17, 15) is 29.4 Å². The van der Waals surface area contributed by atoms with Crippen LogP contribution in [0.3, 0.4) is 0 Å². The Hall–Kier alpha value is -3.22. The number of thiazole rings is 1. The number of amides is 4. The third kappa shape index (κ3) is 16.4. The molecule has 3 unspecified atom stereocenters. The number of carbonyl (C=O) groups excluding carboxylic acids is 4. The van der Waals surface area contributed by atoms with Crippen molar-refractivity contribution in [3.05, 3.63) is 52.5 Å². The van der Waals surface area contributed by atoms with E-state index in [4.69, 9.17) is 10.7 Å². The van der Waals surface area contributed by atoms with Crippen LogP contribution in [0.5, 0.6) is 0 Å². The number of nitrogens with zero attached hydrogens (tertiary/aromatic N) is 3. The lowest BCUT2D eigenvalue weighted by atomic mass is 9.84. The van der Waals surface area contributed by atoms with Gasteiger partial charge >= 0.3 is 0 Å². The van der Waals surface area contributed by atoms with Crippen LogP contribution in [0.4, 0.5) is 0 Å². The molecular formula is C45H74N8O6S3. The molecule has 0 radical (unpaired) electrons. The molecule has 348 valence electrons. The number of amidine groups is 1. The van der Waals surface area contributed by atoms with E-state index in [1.807, 2.05) is 91.1 Å². The lowest BCUT2D eigenvalue weighted by molar-refractivity contribution is -0.138. The number of carbonyl (C=O) groups is 4. The van der Waals surface area contributed by atoms with Crippen LogP contribution < -0.4 is 27.0 Å². The van der Waals surface area contributed by atoms with E-state index >= 15 is 0 Å². The maximum absolute atomic E-state index is 14.8. The molecule has 1 fully saturated rings. The summed E-state index contributed by atoms with van der Waals surface area (Å²) in [6, 6.07) is 5.65. The van der Waals surface area contributed by atoms with Gasteiger partial charge in [-0.25, -0.2) is 4.98 Å². The number of nitrogens with two attached hydrogens (primary N) is 1. The van der Waals surface area contributed by atoms with Gasteiger partial charge in [0.15, 0.2) is 0 Å². The molecule has 0 aliphatic carbocycles. The van der Waals surface area contributed by atoms with Crippen molar-refractivity contribution in [3.8, 4) is 0 Å².